The molecule has 0 saturated carbocycles. The number of para-hydroxylation sites is 1. The maximum Gasteiger partial charge on any atom is 0.154 e. The number of hydrogen-bond donors (Lipinski definition) is 1. The Hall–Kier alpha value is -1.75. The summed E-state index contributed by atoms with van der Waals surface area (Å²) in [6.07, 6.45) is 5.35. The van der Waals surface area contributed by atoms with E-state index in [1.54, 1.807) is 0 Å². The summed E-state index contributed by atoms with van der Waals surface area (Å²) in [5.74, 6) is 2.47. The molecule has 70 valence electrons. The summed E-state index contributed by atoms with van der Waals surface area (Å²) in [5.41, 5.74) is 2.13. The largest absolute Gasteiger partial charge is 0.384 e. The molecule has 2 nitrogen and oxygen atoms in total. The Morgan fingerprint density at radius 1 is 1.57 bits per heavy atom. The van der Waals surface area contributed by atoms with E-state index in [4.69, 9.17) is 6.42 Å². The van der Waals surface area contributed by atoms with Gasteiger partial charge in [-0.25, -0.2) is 0 Å². The van der Waals surface area contributed by atoms with Gasteiger partial charge in [-0.15, -0.1) is 6.42 Å². The van der Waals surface area contributed by atoms with Crippen LogP contribution >= 0.6 is 0 Å². The van der Waals surface area contributed by atoms with Gasteiger partial charge in [0, 0.05) is 12.2 Å². The van der Waals surface area contributed by atoms with Crippen molar-refractivity contribution in [3.05, 3.63) is 29.8 Å². The Morgan fingerprint density at radius 3 is 3.14 bits per heavy atom. The zero-order valence-electron chi connectivity index (χ0n) is 7.79. The van der Waals surface area contributed by atoms with E-state index < -0.39 is 0 Å². The van der Waals surface area contributed by atoms with E-state index in [2.05, 4.69) is 11.2 Å². The third-order valence-electron chi connectivity index (χ3n) is 2.50. The molecule has 1 aliphatic rings. The van der Waals surface area contributed by atoms with Gasteiger partial charge in [-0.3, -0.25) is 4.79 Å². The lowest BCUT2D eigenvalue weighted by Gasteiger charge is -2.05. The summed E-state index contributed by atoms with van der Waals surface area (Å²) < 4.78 is 0. The fourth-order valence-corrected chi connectivity index (χ4v) is 1.79. The quantitative estimate of drug-likeness (QED) is 0.712. The van der Waals surface area contributed by atoms with Crippen molar-refractivity contribution in [3.8, 4) is 12.3 Å². The minimum atomic E-state index is -0.0535. The minimum absolute atomic E-state index is 0.0535. The lowest BCUT2D eigenvalue weighted by Crippen LogP contribution is -2.13. The summed E-state index contributed by atoms with van der Waals surface area (Å²) in [5, 5.41) is 3.20. The first kappa shape index (κ1) is 8.83. The van der Waals surface area contributed by atoms with Crippen molar-refractivity contribution in [2.45, 2.75) is 12.3 Å². The molecule has 0 saturated heterocycles. The molecular weight excluding hydrogens is 174 g/mol. The second-order valence-corrected chi connectivity index (χ2v) is 3.37. The first-order chi connectivity index (χ1) is 6.83. The summed E-state index contributed by atoms with van der Waals surface area (Å²) >= 11 is 0. The van der Waals surface area contributed by atoms with Gasteiger partial charge in [-0.1, -0.05) is 24.1 Å². The Morgan fingerprint density at radius 2 is 2.36 bits per heavy atom. The molecule has 14 heavy (non-hydrogen) atoms. The van der Waals surface area contributed by atoms with Crippen molar-refractivity contribution >= 4 is 11.5 Å². The van der Waals surface area contributed by atoms with Crippen molar-refractivity contribution in [2.75, 3.05) is 11.9 Å². The molecule has 0 fully saturated rings. The van der Waals surface area contributed by atoms with Crippen LogP contribution in [0.4, 0.5) is 5.69 Å². The van der Waals surface area contributed by atoms with E-state index in [1.165, 1.54) is 0 Å². The smallest absolute Gasteiger partial charge is 0.154 e. The van der Waals surface area contributed by atoms with E-state index in [9.17, 15) is 4.79 Å². The van der Waals surface area contributed by atoms with Crippen LogP contribution in [0.25, 0.3) is 0 Å². The van der Waals surface area contributed by atoms with Gasteiger partial charge in [0.1, 0.15) is 0 Å². The summed E-state index contributed by atoms with van der Waals surface area (Å²) in [7, 11) is 0. The van der Waals surface area contributed by atoms with Crippen molar-refractivity contribution in [2.24, 2.45) is 0 Å². The molecule has 1 aliphatic heterocycles. The molecule has 0 spiro atoms. The van der Waals surface area contributed by atoms with Crippen LogP contribution in [0.3, 0.4) is 0 Å². The molecule has 1 N–H and O–H groups in total. The zero-order chi connectivity index (χ0) is 9.97. The van der Waals surface area contributed by atoms with Crippen LogP contribution in [0.1, 0.15) is 17.9 Å². The molecule has 1 heterocycles. The van der Waals surface area contributed by atoms with Crippen molar-refractivity contribution in [1.29, 1.82) is 0 Å². The third kappa shape index (κ3) is 1.38. The molecule has 0 bridgehead atoms. The number of benzene rings is 1. The first-order valence-electron chi connectivity index (χ1n) is 4.62. The van der Waals surface area contributed by atoms with Crippen LogP contribution in [-0.4, -0.2) is 12.3 Å². The van der Waals surface area contributed by atoms with Gasteiger partial charge in [0.15, 0.2) is 5.78 Å². The van der Waals surface area contributed by atoms with Crippen LogP contribution in [-0.2, 0) is 4.79 Å². The number of hydrogen-bond acceptors (Lipinski definition) is 2. The maximum atomic E-state index is 11.6. The lowest BCUT2D eigenvalue weighted by atomic mass is 9.95. The number of rotatable bonds is 2. The van der Waals surface area contributed by atoms with E-state index in [1.807, 2.05) is 24.3 Å². The number of Topliss-reactive ketones (excluding diaryl/α,β-unsaturated/α-hetero) is 1. The lowest BCUT2D eigenvalue weighted by molar-refractivity contribution is -0.119. The Bertz CT molecular complexity index is 403. The van der Waals surface area contributed by atoms with Gasteiger partial charge in [0.25, 0.3) is 0 Å². The Labute approximate surface area is 83.3 Å². The highest BCUT2D eigenvalue weighted by molar-refractivity contribution is 5.91. The number of anilines is 1. The van der Waals surface area contributed by atoms with E-state index in [0.717, 1.165) is 11.3 Å². The number of carbonyl (C=O) groups is 1. The predicted molar refractivity (Wildman–Crippen MR) is 56.1 cm³/mol. The highest BCUT2D eigenvalue weighted by atomic mass is 16.1. The van der Waals surface area contributed by atoms with Crippen LogP contribution in [0.15, 0.2) is 24.3 Å². The normalized spacial score (nSPS) is 18.1. The average molecular weight is 185 g/mol. The third-order valence-corrected chi connectivity index (χ3v) is 2.50. The van der Waals surface area contributed by atoms with Gasteiger partial charge in [0.05, 0.1) is 12.3 Å². The molecule has 0 amide bonds. The number of nitrogens with one attached hydrogen (secondary N) is 1. The van der Waals surface area contributed by atoms with Crippen molar-refractivity contribution in [3.63, 3.8) is 0 Å². The molecule has 0 aromatic heterocycles. The van der Waals surface area contributed by atoms with Gasteiger partial charge in [0.2, 0.25) is 0 Å². The summed E-state index contributed by atoms with van der Waals surface area (Å²) in [4.78, 5) is 11.6. The average Bonchev–Trinajstić information content (AvgIpc) is 2.61. The topological polar surface area (TPSA) is 29.1 Å². The fraction of sp³-hybridized carbons (Fsp3) is 0.250. The maximum absolute atomic E-state index is 11.6. The number of fused-ring (bicyclic) bond motifs is 1. The molecule has 1 unspecified atom stereocenters. The number of terminal acetylenes is 1. The minimum Gasteiger partial charge on any atom is -0.384 e. The Kier molecular flexibility index (Phi) is 2.24. The molecule has 2 heteroatoms. The number of ketones is 1. The molecular formula is C12H11NO. The zero-order valence-corrected chi connectivity index (χ0v) is 7.79. The van der Waals surface area contributed by atoms with Gasteiger partial charge >= 0.3 is 0 Å². The fourth-order valence-electron chi connectivity index (χ4n) is 1.79. The van der Waals surface area contributed by atoms with E-state index in [-0.39, 0.29) is 18.1 Å². The molecule has 2 rings (SSSR count). The molecule has 1 aromatic rings. The number of carbonyl (C=O) groups excluding carboxylic acids is 1. The molecule has 1 aromatic carbocycles. The standard InChI is InChI=1S/C12H11NO/c1-2-5-12(14)10-8-13-11-7-4-3-6-9(10)11/h1,3-4,6-7,10,13H,5,8H2. The predicted octanol–water partition coefficient (Wildman–Crippen LogP) is 1.79. The monoisotopic (exact) mass is 185 g/mol. The SMILES string of the molecule is C#CCC(=O)C1CNc2ccccc21. The van der Waals surface area contributed by atoms with Crippen LogP contribution < -0.4 is 5.32 Å². The Balaban J connectivity index is 2.27. The molecule has 0 radical (unpaired) electrons. The summed E-state index contributed by atoms with van der Waals surface area (Å²) in [6.45, 7) is 0.680. The van der Waals surface area contributed by atoms with Crippen LogP contribution in [0.2, 0.25) is 0 Å². The van der Waals surface area contributed by atoms with Crippen molar-refractivity contribution < 1.29 is 4.79 Å². The van der Waals surface area contributed by atoms with Gasteiger partial charge in [-0.05, 0) is 11.6 Å². The highest BCUT2D eigenvalue weighted by Gasteiger charge is 2.26. The van der Waals surface area contributed by atoms with Gasteiger partial charge in [-0.2, -0.15) is 0 Å². The summed E-state index contributed by atoms with van der Waals surface area (Å²) in [6, 6.07) is 7.87. The van der Waals surface area contributed by atoms with Crippen LogP contribution in [0.5, 0.6) is 0 Å². The first-order valence-corrected chi connectivity index (χ1v) is 4.62. The second-order valence-electron chi connectivity index (χ2n) is 3.37. The molecule has 1 atom stereocenters. The van der Waals surface area contributed by atoms with E-state index >= 15 is 0 Å². The van der Waals surface area contributed by atoms with Gasteiger partial charge < -0.3 is 5.32 Å². The highest BCUT2D eigenvalue weighted by Crippen LogP contribution is 2.31. The van der Waals surface area contributed by atoms with Crippen molar-refractivity contribution in [1.82, 2.24) is 0 Å². The van der Waals surface area contributed by atoms with E-state index in [0.29, 0.717) is 6.54 Å². The second kappa shape index (κ2) is 3.55. The van der Waals surface area contributed by atoms with Crippen LogP contribution in [0, 0.1) is 12.3 Å². The molecule has 0 aliphatic carbocycles.